The number of hydrogen-bond donors (Lipinski definition) is 1. The first-order valence-corrected chi connectivity index (χ1v) is 3.65. The molecule has 1 N–H and O–H groups in total. The summed E-state index contributed by atoms with van der Waals surface area (Å²) in [5, 5.41) is 3.32. The van der Waals surface area contributed by atoms with Crippen LogP contribution in [0.15, 0.2) is 11.9 Å². The zero-order valence-electron chi connectivity index (χ0n) is 6.13. The Morgan fingerprint density at radius 3 is 3.50 bits per heavy atom. The number of nitrogens with one attached hydrogen (secondary N) is 1. The molecule has 0 aromatic heterocycles. The van der Waals surface area contributed by atoms with Crippen LogP contribution in [0.3, 0.4) is 0 Å². The molecule has 10 heavy (non-hydrogen) atoms. The minimum Gasteiger partial charge on any atom is -0.376 e. The molecule has 0 aliphatic carbocycles. The van der Waals surface area contributed by atoms with Crippen LogP contribution in [-0.4, -0.2) is 30.8 Å². The van der Waals surface area contributed by atoms with Crippen molar-refractivity contribution < 1.29 is 4.74 Å². The molecular formula is C7H12N2O. The number of hydrogen-bond acceptors (Lipinski definition) is 3. The fraction of sp³-hybridized carbons (Fsp3) is 0.714. The van der Waals surface area contributed by atoms with E-state index in [0.29, 0.717) is 6.17 Å². The van der Waals surface area contributed by atoms with E-state index >= 15 is 0 Å². The Kier molecular flexibility index (Phi) is 1.31. The third kappa shape index (κ3) is 0.865. The summed E-state index contributed by atoms with van der Waals surface area (Å²) in [7, 11) is 0. The van der Waals surface area contributed by atoms with Gasteiger partial charge in [-0.3, -0.25) is 0 Å². The highest BCUT2D eigenvalue weighted by atomic mass is 16.5. The molecule has 0 radical (unpaired) electrons. The highest BCUT2D eigenvalue weighted by Crippen LogP contribution is 2.13. The van der Waals surface area contributed by atoms with Gasteiger partial charge in [0.2, 0.25) is 0 Å². The molecule has 0 amide bonds. The predicted molar refractivity (Wildman–Crippen MR) is 38.2 cm³/mol. The average Bonchev–Trinajstić information content (AvgIpc) is 2.27. The molecule has 1 unspecified atom stereocenters. The van der Waals surface area contributed by atoms with Crippen molar-refractivity contribution in [3.8, 4) is 0 Å². The van der Waals surface area contributed by atoms with Gasteiger partial charge in [0.15, 0.2) is 0 Å². The van der Waals surface area contributed by atoms with Gasteiger partial charge >= 0.3 is 0 Å². The van der Waals surface area contributed by atoms with Crippen molar-refractivity contribution in [2.75, 3.05) is 19.8 Å². The molecular weight excluding hydrogens is 128 g/mol. The highest BCUT2D eigenvalue weighted by Gasteiger charge is 2.24. The first-order chi connectivity index (χ1) is 4.86. The highest BCUT2D eigenvalue weighted by molar-refractivity contribution is 5.05. The van der Waals surface area contributed by atoms with Gasteiger partial charge in [0.1, 0.15) is 6.17 Å². The summed E-state index contributed by atoms with van der Waals surface area (Å²) in [4.78, 5) is 2.29. The minimum absolute atomic E-state index is 0.411. The van der Waals surface area contributed by atoms with Gasteiger partial charge in [-0.2, -0.15) is 0 Å². The van der Waals surface area contributed by atoms with Crippen molar-refractivity contribution in [1.29, 1.82) is 0 Å². The van der Waals surface area contributed by atoms with Crippen LogP contribution >= 0.6 is 0 Å². The maximum atomic E-state index is 5.29. The van der Waals surface area contributed by atoms with Gasteiger partial charge in [-0.15, -0.1) is 0 Å². The Balaban J connectivity index is 2.06. The number of rotatable bonds is 0. The van der Waals surface area contributed by atoms with Crippen LogP contribution in [0.2, 0.25) is 0 Å². The van der Waals surface area contributed by atoms with Gasteiger partial charge < -0.3 is 15.0 Å². The first-order valence-electron chi connectivity index (χ1n) is 3.65. The summed E-state index contributed by atoms with van der Waals surface area (Å²) in [6.45, 7) is 4.78. The molecule has 0 aromatic rings. The lowest BCUT2D eigenvalue weighted by atomic mass is 10.4. The van der Waals surface area contributed by atoms with Crippen LogP contribution in [0.1, 0.15) is 6.92 Å². The van der Waals surface area contributed by atoms with Crippen LogP contribution in [0.5, 0.6) is 0 Å². The van der Waals surface area contributed by atoms with Crippen molar-refractivity contribution in [3.63, 3.8) is 0 Å². The molecule has 2 aliphatic rings. The third-order valence-corrected chi connectivity index (χ3v) is 1.92. The molecule has 0 bridgehead atoms. The average molecular weight is 140 g/mol. The summed E-state index contributed by atoms with van der Waals surface area (Å²) in [5.41, 5.74) is 1.25. The van der Waals surface area contributed by atoms with E-state index < -0.39 is 0 Å². The second-order valence-corrected chi connectivity index (χ2v) is 2.78. The molecule has 2 rings (SSSR count). The van der Waals surface area contributed by atoms with Crippen LogP contribution in [-0.2, 0) is 4.74 Å². The number of ether oxygens (including phenoxy) is 1. The quantitative estimate of drug-likeness (QED) is 0.517. The van der Waals surface area contributed by atoms with Gasteiger partial charge in [-0.05, 0) is 6.92 Å². The van der Waals surface area contributed by atoms with Crippen molar-refractivity contribution >= 4 is 0 Å². The van der Waals surface area contributed by atoms with E-state index in [0.717, 1.165) is 19.8 Å². The molecule has 2 heterocycles. The maximum absolute atomic E-state index is 5.29. The summed E-state index contributed by atoms with van der Waals surface area (Å²) in [6.07, 6.45) is 2.57. The molecule has 0 saturated carbocycles. The van der Waals surface area contributed by atoms with E-state index in [2.05, 4.69) is 23.3 Å². The van der Waals surface area contributed by atoms with Crippen LogP contribution in [0.4, 0.5) is 0 Å². The number of morpholine rings is 1. The Bertz CT molecular complexity index is 167. The van der Waals surface area contributed by atoms with E-state index in [1.165, 1.54) is 5.70 Å². The van der Waals surface area contributed by atoms with Gasteiger partial charge in [0.05, 0.1) is 13.2 Å². The molecule has 3 heteroatoms. The van der Waals surface area contributed by atoms with E-state index in [4.69, 9.17) is 4.74 Å². The molecule has 1 atom stereocenters. The molecule has 1 fully saturated rings. The zero-order chi connectivity index (χ0) is 6.97. The molecule has 56 valence electrons. The summed E-state index contributed by atoms with van der Waals surface area (Å²) in [6, 6.07) is 0. The normalized spacial score (nSPS) is 31.1. The largest absolute Gasteiger partial charge is 0.376 e. The van der Waals surface area contributed by atoms with E-state index in [1.54, 1.807) is 0 Å². The van der Waals surface area contributed by atoms with Crippen LogP contribution < -0.4 is 5.32 Å². The maximum Gasteiger partial charge on any atom is 0.123 e. The lowest BCUT2D eigenvalue weighted by molar-refractivity contribution is 0.0165. The van der Waals surface area contributed by atoms with Gasteiger partial charge in [0, 0.05) is 18.4 Å². The fourth-order valence-electron chi connectivity index (χ4n) is 1.44. The Labute approximate surface area is 60.7 Å². The Morgan fingerprint density at radius 1 is 1.80 bits per heavy atom. The van der Waals surface area contributed by atoms with Crippen molar-refractivity contribution in [2.45, 2.75) is 13.1 Å². The number of fused-ring (bicyclic) bond motifs is 1. The first kappa shape index (κ1) is 6.04. The summed E-state index contributed by atoms with van der Waals surface area (Å²) in [5.74, 6) is 0. The predicted octanol–water partition coefficient (Wildman–Crippen LogP) is 0.109. The van der Waals surface area contributed by atoms with Gasteiger partial charge in [-0.25, -0.2) is 0 Å². The van der Waals surface area contributed by atoms with E-state index in [-0.39, 0.29) is 0 Å². The smallest absolute Gasteiger partial charge is 0.123 e. The second kappa shape index (κ2) is 2.16. The number of nitrogens with zero attached hydrogens (tertiary/aromatic N) is 1. The molecule has 1 saturated heterocycles. The topological polar surface area (TPSA) is 24.5 Å². The Hall–Kier alpha value is -0.700. The molecule has 2 aliphatic heterocycles. The molecule has 0 spiro atoms. The Morgan fingerprint density at radius 2 is 2.70 bits per heavy atom. The molecule has 0 aromatic carbocycles. The summed E-state index contributed by atoms with van der Waals surface area (Å²) >= 11 is 0. The lowest BCUT2D eigenvalue weighted by Crippen LogP contribution is -2.45. The monoisotopic (exact) mass is 140 g/mol. The van der Waals surface area contributed by atoms with Crippen molar-refractivity contribution in [3.05, 3.63) is 11.9 Å². The zero-order valence-corrected chi connectivity index (χ0v) is 6.13. The van der Waals surface area contributed by atoms with Crippen molar-refractivity contribution in [1.82, 2.24) is 10.2 Å². The van der Waals surface area contributed by atoms with Crippen molar-refractivity contribution in [2.24, 2.45) is 0 Å². The standard InChI is InChI=1S/C7H12N2O/c1-6-4-9-2-3-10-5-7(9)8-6/h4,7-8H,2-3,5H2,1H3. The SMILES string of the molecule is CC1=CN2CCOCC2N1. The minimum atomic E-state index is 0.411. The lowest BCUT2D eigenvalue weighted by Gasteiger charge is -2.29. The summed E-state index contributed by atoms with van der Waals surface area (Å²) < 4.78 is 5.29. The third-order valence-electron chi connectivity index (χ3n) is 1.92. The van der Waals surface area contributed by atoms with Crippen LogP contribution in [0.25, 0.3) is 0 Å². The van der Waals surface area contributed by atoms with Gasteiger partial charge in [-0.1, -0.05) is 0 Å². The van der Waals surface area contributed by atoms with Gasteiger partial charge in [0.25, 0.3) is 0 Å². The fourth-order valence-corrected chi connectivity index (χ4v) is 1.44. The number of allylic oxidation sites excluding steroid dienone is 1. The second-order valence-electron chi connectivity index (χ2n) is 2.78. The van der Waals surface area contributed by atoms with E-state index in [1.807, 2.05) is 0 Å². The van der Waals surface area contributed by atoms with Crippen LogP contribution in [0, 0.1) is 0 Å². The molecule has 3 nitrogen and oxygen atoms in total. The van der Waals surface area contributed by atoms with E-state index in [9.17, 15) is 0 Å².